The lowest BCUT2D eigenvalue weighted by atomic mass is 9.56. The van der Waals surface area contributed by atoms with Gasteiger partial charge in [-0.2, -0.15) is 0 Å². The number of nitrogens with two attached hydrogens (primary N) is 1. The van der Waals surface area contributed by atoms with E-state index in [1.54, 1.807) is 13.8 Å². The summed E-state index contributed by atoms with van der Waals surface area (Å²) in [5.41, 5.74) is 8.14. The molecule has 0 spiro atoms. The van der Waals surface area contributed by atoms with E-state index in [0.29, 0.717) is 37.2 Å². The van der Waals surface area contributed by atoms with Gasteiger partial charge >= 0.3 is 0 Å². The van der Waals surface area contributed by atoms with Crippen molar-refractivity contribution in [3.63, 3.8) is 0 Å². The molecule has 40 heavy (non-hydrogen) atoms. The number of aliphatic hydroxyl groups excluding tert-OH is 3. The fourth-order valence-electron chi connectivity index (χ4n) is 7.63. The molecule has 0 heterocycles. The first-order chi connectivity index (χ1) is 18.5. The highest BCUT2D eigenvalue weighted by molar-refractivity contribution is 5.39. The molecule has 0 aromatic heterocycles. The van der Waals surface area contributed by atoms with Gasteiger partial charge in [-0.15, -0.1) is 0 Å². The molecule has 7 atom stereocenters. The zero-order valence-electron chi connectivity index (χ0n) is 26.5. The SMILES string of the molecule is C=C1/C(=C\C=C2/CCC[C@@]3(C)[C@H]2CC[C@]3(N)[C@H](CCCC(C)(C)O)CC[C@@H](O)C(C)(C)O)C[C@@H](O)C[C@@H]1O.CC. The highest BCUT2D eigenvalue weighted by Gasteiger charge is 2.59. The van der Waals surface area contributed by atoms with Gasteiger partial charge in [-0.1, -0.05) is 51.5 Å². The van der Waals surface area contributed by atoms with Gasteiger partial charge in [-0.3, -0.25) is 0 Å². The zero-order valence-corrected chi connectivity index (χ0v) is 26.5. The molecule has 6 heteroatoms. The molecule has 0 amide bonds. The van der Waals surface area contributed by atoms with Gasteiger partial charge in [-0.05, 0) is 120 Å². The largest absolute Gasteiger partial charge is 0.393 e. The van der Waals surface area contributed by atoms with Gasteiger partial charge < -0.3 is 31.3 Å². The first kappa shape index (κ1) is 35.2. The van der Waals surface area contributed by atoms with E-state index in [-0.39, 0.29) is 11.3 Å². The number of allylic oxidation sites excluding steroid dienone is 3. The third-order valence-corrected chi connectivity index (χ3v) is 10.2. The van der Waals surface area contributed by atoms with Crippen molar-refractivity contribution in [2.24, 2.45) is 23.0 Å². The average Bonchev–Trinajstić information content (AvgIpc) is 3.14. The summed E-state index contributed by atoms with van der Waals surface area (Å²) in [7, 11) is 0. The molecule has 3 rings (SSSR count). The molecule has 0 aromatic carbocycles. The second-order valence-corrected chi connectivity index (χ2v) is 14.1. The van der Waals surface area contributed by atoms with E-state index in [2.05, 4.69) is 25.7 Å². The van der Waals surface area contributed by atoms with E-state index in [1.807, 2.05) is 27.7 Å². The maximum Gasteiger partial charge on any atom is 0.0849 e. The van der Waals surface area contributed by atoms with Crippen LogP contribution in [0, 0.1) is 17.3 Å². The molecule has 3 saturated carbocycles. The predicted molar refractivity (Wildman–Crippen MR) is 165 cm³/mol. The van der Waals surface area contributed by atoms with Crippen molar-refractivity contribution in [2.45, 2.75) is 161 Å². The first-order valence-corrected chi connectivity index (χ1v) is 15.8. The minimum atomic E-state index is -1.15. The highest BCUT2D eigenvalue weighted by Crippen LogP contribution is 2.61. The second kappa shape index (κ2) is 14.0. The maximum atomic E-state index is 10.6. The molecule has 3 aliphatic rings. The Kier molecular flexibility index (Phi) is 12.3. The van der Waals surface area contributed by atoms with Crippen LogP contribution in [0.1, 0.15) is 126 Å². The Labute approximate surface area is 244 Å². The second-order valence-electron chi connectivity index (χ2n) is 14.1. The molecule has 0 aromatic rings. The van der Waals surface area contributed by atoms with Crippen molar-refractivity contribution < 1.29 is 25.5 Å². The van der Waals surface area contributed by atoms with Crippen LogP contribution in [0.4, 0.5) is 0 Å². The monoisotopic (exact) mass is 563 g/mol. The Morgan fingerprint density at radius 2 is 1.70 bits per heavy atom. The van der Waals surface area contributed by atoms with Crippen molar-refractivity contribution in [1.29, 1.82) is 0 Å². The predicted octanol–water partition coefficient (Wildman–Crippen LogP) is 5.70. The Morgan fingerprint density at radius 1 is 1.05 bits per heavy atom. The van der Waals surface area contributed by atoms with Crippen molar-refractivity contribution in [3.8, 4) is 0 Å². The van der Waals surface area contributed by atoms with E-state index in [1.165, 1.54) is 5.57 Å². The highest BCUT2D eigenvalue weighted by atomic mass is 16.3. The van der Waals surface area contributed by atoms with Gasteiger partial charge in [0.25, 0.3) is 0 Å². The normalized spacial score (nSPS) is 34.8. The number of hydrogen-bond acceptors (Lipinski definition) is 6. The van der Waals surface area contributed by atoms with Gasteiger partial charge in [0.15, 0.2) is 0 Å². The molecule has 3 aliphatic carbocycles. The average molecular weight is 564 g/mol. The van der Waals surface area contributed by atoms with E-state index in [9.17, 15) is 25.5 Å². The van der Waals surface area contributed by atoms with E-state index in [0.717, 1.165) is 56.9 Å². The molecule has 0 saturated heterocycles. The standard InChI is InChI=1S/C32H55NO5.C2H6/c1-21-23(19-25(34)20-27(21)35)12-11-22-9-7-17-31(6)26(22)15-18-32(31,33)24(10-8-16-29(2,3)37)13-14-28(36)30(4,5)38;1-2/h11-12,24-28,34-38H,1,7-10,13-20,33H2,2-6H3;1-2H3/b22-11+,23-12-;/t24-,25-,26+,27+,28-,31+,32+;/m1./s1. The van der Waals surface area contributed by atoms with Crippen molar-refractivity contribution >= 4 is 0 Å². The molecular weight excluding hydrogens is 502 g/mol. The van der Waals surface area contributed by atoms with Gasteiger partial charge in [-0.25, -0.2) is 0 Å². The number of hydrogen-bond donors (Lipinski definition) is 6. The van der Waals surface area contributed by atoms with Crippen LogP contribution >= 0.6 is 0 Å². The molecule has 232 valence electrons. The van der Waals surface area contributed by atoms with Crippen molar-refractivity contribution in [1.82, 2.24) is 0 Å². The van der Waals surface area contributed by atoms with E-state index in [4.69, 9.17) is 5.73 Å². The summed E-state index contributed by atoms with van der Waals surface area (Å²) in [6.07, 6.45) is 11.9. The molecule has 6 nitrogen and oxygen atoms in total. The minimum absolute atomic E-state index is 0.0860. The van der Waals surface area contributed by atoms with Gasteiger partial charge in [0, 0.05) is 12.0 Å². The summed E-state index contributed by atoms with van der Waals surface area (Å²) in [5.74, 6) is 0.541. The Morgan fingerprint density at radius 3 is 2.30 bits per heavy atom. The Bertz CT molecular complexity index is 897. The summed E-state index contributed by atoms with van der Waals surface area (Å²) in [4.78, 5) is 0. The lowest BCUT2D eigenvalue weighted by Crippen LogP contribution is -2.58. The Hall–Kier alpha value is -1.02. The smallest absolute Gasteiger partial charge is 0.0849 e. The van der Waals surface area contributed by atoms with Crippen LogP contribution < -0.4 is 5.73 Å². The number of aliphatic hydroxyl groups is 5. The van der Waals surface area contributed by atoms with Crippen LogP contribution in [0.2, 0.25) is 0 Å². The zero-order chi connectivity index (χ0) is 30.5. The fraction of sp³-hybridized carbons (Fsp3) is 0.824. The van der Waals surface area contributed by atoms with Crippen LogP contribution in [-0.4, -0.2) is 60.6 Å². The number of rotatable bonds is 10. The third-order valence-electron chi connectivity index (χ3n) is 10.2. The summed E-state index contributed by atoms with van der Waals surface area (Å²) in [6.45, 7) is 17.4. The fourth-order valence-corrected chi connectivity index (χ4v) is 7.63. The molecule has 3 fully saturated rings. The van der Waals surface area contributed by atoms with Crippen LogP contribution in [0.3, 0.4) is 0 Å². The minimum Gasteiger partial charge on any atom is -0.393 e. The molecular formula is C34H61NO5. The molecule has 0 radical (unpaired) electrons. The van der Waals surface area contributed by atoms with Gasteiger partial charge in [0.05, 0.1) is 29.5 Å². The lowest BCUT2D eigenvalue weighted by Gasteiger charge is -2.52. The van der Waals surface area contributed by atoms with Crippen molar-refractivity contribution in [3.05, 3.63) is 35.5 Å². The lowest BCUT2D eigenvalue weighted by molar-refractivity contribution is -0.0575. The first-order valence-electron chi connectivity index (χ1n) is 15.8. The maximum absolute atomic E-state index is 10.6. The van der Waals surface area contributed by atoms with Crippen LogP contribution in [-0.2, 0) is 0 Å². The van der Waals surface area contributed by atoms with Crippen LogP contribution in [0.25, 0.3) is 0 Å². The van der Waals surface area contributed by atoms with E-state index >= 15 is 0 Å². The molecule has 0 unspecified atom stereocenters. The quantitative estimate of drug-likeness (QED) is 0.202. The summed E-state index contributed by atoms with van der Waals surface area (Å²) < 4.78 is 0. The topological polar surface area (TPSA) is 127 Å². The van der Waals surface area contributed by atoms with Gasteiger partial charge in [0.2, 0.25) is 0 Å². The third kappa shape index (κ3) is 8.29. The molecule has 7 N–H and O–H groups in total. The molecule has 0 aliphatic heterocycles. The van der Waals surface area contributed by atoms with Crippen molar-refractivity contribution in [2.75, 3.05) is 0 Å². The summed E-state index contributed by atoms with van der Waals surface area (Å²) >= 11 is 0. The van der Waals surface area contributed by atoms with Crippen LogP contribution in [0.5, 0.6) is 0 Å². The van der Waals surface area contributed by atoms with E-state index < -0.39 is 35.1 Å². The van der Waals surface area contributed by atoms with Crippen LogP contribution in [0.15, 0.2) is 35.5 Å². The van der Waals surface area contributed by atoms with Gasteiger partial charge in [0.1, 0.15) is 0 Å². The Balaban J connectivity index is 0.00000274. The number of fused-ring (bicyclic) bond motifs is 1. The summed E-state index contributed by atoms with van der Waals surface area (Å²) in [5, 5.41) is 51.7. The summed E-state index contributed by atoms with van der Waals surface area (Å²) in [6, 6.07) is 0. The molecule has 0 bridgehead atoms.